The molecule has 1 aromatic carbocycles. The summed E-state index contributed by atoms with van der Waals surface area (Å²) < 4.78 is 5.17. The third-order valence-corrected chi connectivity index (χ3v) is 2.58. The van der Waals surface area contributed by atoms with Gasteiger partial charge in [-0.2, -0.15) is 0 Å². The van der Waals surface area contributed by atoms with Gasteiger partial charge in [-0.3, -0.25) is 4.79 Å². The number of hydrogen-bond acceptors (Lipinski definition) is 2. The summed E-state index contributed by atoms with van der Waals surface area (Å²) >= 11 is 0. The highest BCUT2D eigenvalue weighted by Gasteiger charge is 2.10. The van der Waals surface area contributed by atoms with E-state index in [-0.39, 0.29) is 5.91 Å². The van der Waals surface area contributed by atoms with Crippen LogP contribution >= 0.6 is 0 Å². The number of rotatable bonds is 5. The maximum atomic E-state index is 11.6. The number of amides is 1. The van der Waals surface area contributed by atoms with Gasteiger partial charge in [-0.05, 0) is 36.6 Å². The Labute approximate surface area is 96.8 Å². The molecule has 0 aliphatic heterocycles. The number of methoxy groups -OCH3 is 1. The molecule has 0 saturated heterocycles. The van der Waals surface area contributed by atoms with Crippen LogP contribution in [0.15, 0.2) is 18.2 Å². The molecule has 0 aliphatic rings. The molecule has 1 N–H and O–H groups in total. The van der Waals surface area contributed by atoms with E-state index in [2.05, 4.69) is 12.2 Å². The molecule has 0 aliphatic carbocycles. The minimum atomic E-state index is -0.0336. The van der Waals surface area contributed by atoms with Gasteiger partial charge in [0, 0.05) is 12.6 Å². The van der Waals surface area contributed by atoms with Crippen molar-refractivity contribution in [3.8, 4) is 5.75 Å². The van der Waals surface area contributed by atoms with E-state index < -0.39 is 0 Å². The van der Waals surface area contributed by atoms with Crippen LogP contribution in [0.4, 0.5) is 0 Å². The normalized spacial score (nSPS) is 9.94. The van der Waals surface area contributed by atoms with Gasteiger partial charge in [0.15, 0.2) is 0 Å². The van der Waals surface area contributed by atoms with Crippen molar-refractivity contribution in [1.82, 2.24) is 5.32 Å². The van der Waals surface area contributed by atoms with Crippen molar-refractivity contribution in [1.29, 1.82) is 0 Å². The number of ether oxygens (including phenoxy) is 1. The Morgan fingerprint density at radius 3 is 2.75 bits per heavy atom. The molecule has 0 saturated carbocycles. The first-order valence-electron chi connectivity index (χ1n) is 5.62. The van der Waals surface area contributed by atoms with Crippen molar-refractivity contribution >= 4 is 5.91 Å². The zero-order chi connectivity index (χ0) is 12.0. The molecule has 88 valence electrons. The monoisotopic (exact) mass is 221 g/mol. The number of hydrogen-bond donors (Lipinski definition) is 1. The fourth-order valence-corrected chi connectivity index (χ4v) is 1.63. The van der Waals surface area contributed by atoms with Crippen LogP contribution in [0.1, 0.15) is 35.7 Å². The average molecular weight is 221 g/mol. The molecule has 16 heavy (non-hydrogen) atoms. The minimum absolute atomic E-state index is 0.0336. The Hall–Kier alpha value is -1.51. The molecule has 3 heteroatoms. The van der Waals surface area contributed by atoms with Crippen molar-refractivity contribution in [2.45, 2.75) is 26.2 Å². The molecular weight excluding hydrogens is 202 g/mol. The van der Waals surface area contributed by atoms with E-state index in [9.17, 15) is 4.79 Å². The van der Waals surface area contributed by atoms with Crippen LogP contribution in [0.25, 0.3) is 0 Å². The van der Waals surface area contributed by atoms with Crippen LogP contribution in [0.2, 0.25) is 0 Å². The Bertz CT molecular complexity index is 361. The summed E-state index contributed by atoms with van der Waals surface area (Å²) in [7, 11) is 3.29. The number of unbranched alkanes of at least 4 members (excludes halogenated alkanes) is 1. The van der Waals surface area contributed by atoms with Gasteiger partial charge in [0.25, 0.3) is 5.91 Å². The minimum Gasteiger partial charge on any atom is -0.497 e. The highest BCUT2D eigenvalue weighted by molar-refractivity contribution is 5.95. The molecule has 0 aromatic heterocycles. The van der Waals surface area contributed by atoms with E-state index in [4.69, 9.17) is 4.74 Å². The third-order valence-electron chi connectivity index (χ3n) is 2.58. The topological polar surface area (TPSA) is 38.3 Å². The second-order valence-corrected chi connectivity index (χ2v) is 3.71. The summed E-state index contributed by atoms with van der Waals surface area (Å²) in [4.78, 5) is 11.6. The first-order chi connectivity index (χ1) is 7.72. The predicted molar refractivity (Wildman–Crippen MR) is 65.0 cm³/mol. The van der Waals surface area contributed by atoms with E-state index in [1.807, 2.05) is 18.2 Å². The molecule has 0 bridgehead atoms. The molecule has 0 radical (unpaired) electrons. The quantitative estimate of drug-likeness (QED) is 0.829. The molecule has 3 nitrogen and oxygen atoms in total. The first-order valence-corrected chi connectivity index (χ1v) is 5.62. The van der Waals surface area contributed by atoms with Crippen LogP contribution in [-0.2, 0) is 6.42 Å². The van der Waals surface area contributed by atoms with Gasteiger partial charge >= 0.3 is 0 Å². The maximum Gasteiger partial charge on any atom is 0.251 e. The molecule has 0 unspecified atom stereocenters. The van der Waals surface area contributed by atoms with Gasteiger partial charge in [-0.15, -0.1) is 0 Å². The second kappa shape index (κ2) is 6.16. The highest BCUT2D eigenvalue weighted by Crippen LogP contribution is 2.19. The summed E-state index contributed by atoms with van der Waals surface area (Å²) in [6, 6.07) is 5.59. The van der Waals surface area contributed by atoms with E-state index >= 15 is 0 Å². The number of aryl methyl sites for hydroxylation is 1. The fraction of sp³-hybridized carbons (Fsp3) is 0.462. The molecule has 1 rings (SSSR count). The summed E-state index contributed by atoms with van der Waals surface area (Å²) in [6.07, 6.45) is 3.11. The lowest BCUT2D eigenvalue weighted by Crippen LogP contribution is -2.19. The zero-order valence-electron chi connectivity index (χ0n) is 10.2. The summed E-state index contributed by atoms with van der Waals surface area (Å²) in [5.74, 6) is 0.771. The summed E-state index contributed by atoms with van der Waals surface area (Å²) in [6.45, 7) is 2.14. The Morgan fingerprint density at radius 1 is 1.44 bits per heavy atom. The molecule has 1 aromatic rings. The van der Waals surface area contributed by atoms with Gasteiger partial charge in [0.2, 0.25) is 0 Å². The van der Waals surface area contributed by atoms with E-state index in [1.165, 1.54) is 0 Å². The van der Waals surface area contributed by atoms with Crippen molar-refractivity contribution in [3.05, 3.63) is 29.3 Å². The third kappa shape index (κ3) is 2.99. The van der Waals surface area contributed by atoms with Crippen molar-refractivity contribution in [2.24, 2.45) is 0 Å². The Balaban J connectivity index is 3.00. The molecule has 0 heterocycles. The average Bonchev–Trinajstić information content (AvgIpc) is 2.34. The maximum absolute atomic E-state index is 11.6. The number of carbonyl (C=O) groups excluding carboxylic acids is 1. The largest absolute Gasteiger partial charge is 0.497 e. The van der Waals surface area contributed by atoms with Crippen LogP contribution < -0.4 is 10.1 Å². The summed E-state index contributed by atoms with van der Waals surface area (Å²) in [5.41, 5.74) is 1.80. The van der Waals surface area contributed by atoms with E-state index in [1.54, 1.807) is 14.2 Å². The predicted octanol–water partition coefficient (Wildman–Crippen LogP) is 2.40. The van der Waals surface area contributed by atoms with Crippen molar-refractivity contribution in [2.75, 3.05) is 14.2 Å². The number of benzene rings is 1. The zero-order valence-corrected chi connectivity index (χ0v) is 10.2. The molecule has 0 spiro atoms. The Kier molecular flexibility index (Phi) is 4.83. The Morgan fingerprint density at radius 2 is 2.19 bits per heavy atom. The van der Waals surface area contributed by atoms with Crippen LogP contribution in [-0.4, -0.2) is 20.1 Å². The molecule has 0 atom stereocenters. The van der Waals surface area contributed by atoms with Crippen molar-refractivity contribution < 1.29 is 9.53 Å². The standard InChI is InChI=1S/C13H19NO2/c1-4-5-6-10-9-11(16-3)7-8-12(10)13(15)14-2/h7-9H,4-6H2,1-3H3,(H,14,15). The van der Waals surface area contributed by atoms with E-state index in [0.29, 0.717) is 0 Å². The highest BCUT2D eigenvalue weighted by atomic mass is 16.5. The molecule has 1 amide bonds. The number of nitrogens with one attached hydrogen (secondary N) is 1. The second-order valence-electron chi connectivity index (χ2n) is 3.71. The SMILES string of the molecule is CCCCc1cc(OC)ccc1C(=O)NC. The van der Waals surface area contributed by atoms with Crippen molar-refractivity contribution in [3.63, 3.8) is 0 Å². The van der Waals surface area contributed by atoms with Gasteiger partial charge in [0.1, 0.15) is 5.75 Å². The van der Waals surface area contributed by atoms with Gasteiger partial charge < -0.3 is 10.1 Å². The smallest absolute Gasteiger partial charge is 0.251 e. The van der Waals surface area contributed by atoms with Gasteiger partial charge in [-0.1, -0.05) is 13.3 Å². The van der Waals surface area contributed by atoms with E-state index in [0.717, 1.165) is 36.1 Å². The fourth-order valence-electron chi connectivity index (χ4n) is 1.63. The number of carbonyl (C=O) groups is 1. The van der Waals surface area contributed by atoms with Crippen LogP contribution in [0.5, 0.6) is 5.75 Å². The lowest BCUT2D eigenvalue weighted by atomic mass is 10.0. The summed E-state index contributed by atoms with van der Waals surface area (Å²) in [5, 5.41) is 2.66. The van der Waals surface area contributed by atoms with Gasteiger partial charge in [-0.25, -0.2) is 0 Å². The van der Waals surface area contributed by atoms with Crippen LogP contribution in [0.3, 0.4) is 0 Å². The lowest BCUT2D eigenvalue weighted by molar-refractivity contribution is 0.0962. The molecule has 0 fully saturated rings. The lowest BCUT2D eigenvalue weighted by Gasteiger charge is -2.10. The molecular formula is C13H19NO2. The van der Waals surface area contributed by atoms with Gasteiger partial charge in [0.05, 0.1) is 7.11 Å². The van der Waals surface area contributed by atoms with Crippen LogP contribution in [0, 0.1) is 0 Å². The first kappa shape index (κ1) is 12.6.